The van der Waals surface area contributed by atoms with Crippen molar-refractivity contribution >= 4 is 34.8 Å². The average Bonchev–Trinajstić information content (AvgIpc) is 3.68. The van der Waals surface area contributed by atoms with E-state index in [1.54, 1.807) is 33.3 Å². The predicted molar refractivity (Wildman–Crippen MR) is 155 cm³/mol. The standard InChI is InChI=1S/C30H39N5O4S/c1-20(2)17-23(31-29(38)22-8-6-21(7-9-22)26-5-4-16-40-26)30(39)34-11-10-24-28(34)25(36)18-35(24)27(37)19-33-14-12-32(3)13-15-33/h4-9,16,20,23-24,28H,10-15,17-19H2,1-3H3,(H,31,38). The maximum atomic E-state index is 13.8. The number of likely N-dealkylation sites (N-methyl/N-ethyl adjacent to an activating group) is 1. The summed E-state index contributed by atoms with van der Waals surface area (Å²) < 4.78 is 0. The fraction of sp³-hybridized carbons (Fsp3) is 0.533. The smallest absolute Gasteiger partial charge is 0.251 e. The summed E-state index contributed by atoms with van der Waals surface area (Å²) in [4.78, 5) is 62.1. The molecule has 3 aliphatic heterocycles. The van der Waals surface area contributed by atoms with Gasteiger partial charge in [0.05, 0.1) is 19.1 Å². The number of nitrogens with one attached hydrogen (secondary N) is 1. The van der Waals surface area contributed by atoms with Gasteiger partial charge >= 0.3 is 0 Å². The van der Waals surface area contributed by atoms with Gasteiger partial charge in [-0.05, 0) is 54.9 Å². The highest BCUT2D eigenvalue weighted by Gasteiger charge is 2.52. The van der Waals surface area contributed by atoms with Crippen LogP contribution in [-0.4, -0.2) is 114 Å². The van der Waals surface area contributed by atoms with Gasteiger partial charge in [-0.2, -0.15) is 0 Å². The number of Topliss-reactive ketones (excluding diaryl/α,β-unsaturated/α-hetero) is 1. The summed E-state index contributed by atoms with van der Waals surface area (Å²) >= 11 is 1.64. The SMILES string of the molecule is CC(C)CC(NC(=O)c1ccc(-c2cccs2)cc1)C(=O)N1CCC2C1C(=O)CN2C(=O)CN1CCN(C)CC1. The monoisotopic (exact) mass is 565 g/mol. The zero-order valence-corrected chi connectivity index (χ0v) is 24.4. The molecule has 9 nitrogen and oxygen atoms in total. The molecule has 3 saturated heterocycles. The first-order chi connectivity index (χ1) is 19.2. The Morgan fingerprint density at radius 1 is 1.00 bits per heavy atom. The summed E-state index contributed by atoms with van der Waals surface area (Å²) in [5, 5.41) is 4.96. The minimum atomic E-state index is -0.744. The van der Waals surface area contributed by atoms with Gasteiger partial charge < -0.3 is 20.0 Å². The van der Waals surface area contributed by atoms with Crippen LogP contribution in [0.4, 0.5) is 0 Å². The number of ketones is 1. The lowest BCUT2D eigenvalue weighted by atomic mass is 10.0. The van der Waals surface area contributed by atoms with Gasteiger partial charge in [0.25, 0.3) is 5.91 Å². The van der Waals surface area contributed by atoms with Crippen LogP contribution >= 0.6 is 11.3 Å². The minimum absolute atomic E-state index is 0.0438. The third-order valence-corrected chi connectivity index (χ3v) is 9.16. The summed E-state index contributed by atoms with van der Waals surface area (Å²) in [5.41, 5.74) is 1.52. The van der Waals surface area contributed by atoms with E-state index in [2.05, 4.69) is 22.2 Å². The fourth-order valence-electron chi connectivity index (χ4n) is 6.04. The molecule has 3 unspecified atom stereocenters. The second kappa shape index (κ2) is 12.2. The van der Waals surface area contributed by atoms with Crippen molar-refractivity contribution in [2.24, 2.45) is 5.92 Å². The molecule has 3 atom stereocenters. The third kappa shape index (κ3) is 6.14. The van der Waals surface area contributed by atoms with Crippen molar-refractivity contribution in [1.29, 1.82) is 0 Å². The quantitative estimate of drug-likeness (QED) is 0.528. The first-order valence-corrected chi connectivity index (χ1v) is 15.1. The first-order valence-electron chi connectivity index (χ1n) is 14.2. The number of nitrogens with zero attached hydrogens (tertiary/aromatic N) is 4. The molecule has 3 aliphatic rings. The Morgan fingerprint density at radius 3 is 2.38 bits per heavy atom. The van der Waals surface area contributed by atoms with Crippen LogP contribution in [0.25, 0.3) is 10.4 Å². The number of carbonyl (C=O) groups excluding carboxylic acids is 4. The summed E-state index contributed by atoms with van der Waals surface area (Å²) in [5.74, 6) is -0.533. The van der Waals surface area contributed by atoms with Crippen molar-refractivity contribution in [3.05, 3.63) is 47.3 Å². The Kier molecular flexibility index (Phi) is 8.68. The molecule has 1 N–H and O–H groups in total. The molecule has 214 valence electrons. The number of likely N-dealkylation sites (tertiary alicyclic amines) is 2. The van der Waals surface area contributed by atoms with Gasteiger partial charge in [0.1, 0.15) is 12.1 Å². The van der Waals surface area contributed by atoms with E-state index in [1.807, 2.05) is 43.5 Å². The van der Waals surface area contributed by atoms with Crippen LogP contribution in [0.1, 0.15) is 37.0 Å². The molecule has 3 amide bonds. The van der Waals surface area contributed by atoms with Gasteiger partial charge in [-0.15, -0.1) is 11.3 Å². The Bertz CT molecular complexity index is 1220. The molecule has 0 bridgehead atoms. The first kappa shape index (κ1) is 28.4. The normalized spacial score (nSPS) is 22.6. The van der Waals surface area contributed by atoms with Crippen molar-refractivity contribution < 1.29 is 19.2 Å². The lowest BCUT2D eigenvalue weighted by molar-refractivity contribution is -0.138. The van der Waals surface area contributed by atoms with Crippen molar-refractivity contribution in [2.75, 3.05) is 52.9 Å². The predicted octanol–water partition coefficient (Wildman–Crippen LogP) is 2.19. The van der Waals surface area contributed by atoms with Crippen LogP contribution in [-0.2, 0) is 14.4 Å². The van der Waals surface area contributed by atoms with Crippen LogP contribution in [0.2, 0.25) is 0 Å². The van der Waals surface area contributed by atoms with Crippen LogP contribution in [0.5, 0.6) is 0 Å². The Labute approximate surface area is 240 Å². The highest BCUT2D eigenvalue weighted by molar-refractivity contribution is 7.13. The van der Waals surface area contributed by atoms with Crippen molar-refractivity contribution in [2.45, 2.75) is 44.8 Å². The molecular weight excluding hydrogens is 526 g/mol. The van der Waals surface area contributed by atoms with Gasteiger partial charge in [-0.1, -0.05) is 32.0 Å². The van der Waals surface area contributed by atoms with E-state index < -0.39 is 12.1 Å². The molecule has 1 aromatic heterocycles. The zero-order valence-electron chi connectivity index (χ0n) is 23.5. The number of rotatable bonds is 8. The van der Waals surface area contributed by atoms with Crippen LogP contribution in [0.15, 0.2) is 41.8 Å². The second-order valence-corrected chi connectivity index (χ2v) is 12.6. The number of thiophene rings is 1. The topological polar surface area (TPSA) is 93.3 Å². The molecule has 0 saturated carbocycles. The molecule has 0 spiro atoms. The van der Waals surface area contributed by atoms with Gasteiger partial charge in [0, 0.05) is 43.2 Å². The Morgan fingerprint density at radius 2 is 1.73 bits per heavy atom. The molecule has 1 aromatic carbocycles. The molecule has 3 fully saturated rings. The van der Waals surface area contributed by atoms with E-state index in [0.29, 0.717) is 31.5 Å². The van der Waals surface area contributed by atoms with E-state index in [4.69, 9.17) is 0 Å². The second-order valence-electron chi connectivity index (χ2n) is 11.6. The maximum absolute atomic E-state index is 13.8. The number of carbonyl (C=O) groups is 4. The van der Waals surface area contributed by atoms with Gasteiger partial charge in [-0.3, -0.25) is 24.1 Å². The van der Waals surface area contributed by atoms with Crippen molar-refractivity contribution in [3.8, 4) is 10.4 Å². The largest absolute Gasteiger partial charge is 0.340 e. The molecule has 10 heteroatoms. The number of fused-ring (bicyclic) bond motifs is 1. The average molecular weight is 566 g/mol. The number of benzene rings is 1. The molecule has 40 heavy (non-hydrogen) atoms. The zero-order chi connectivity index (χ0) is 28.4. The summed E-state index contributed by atoms with van der Waals surface area (Å²) in [6, 6.07) is 9.72. The summed E-state index contributed by atoms with van der Waals surface area (Å²) in [6.45, 7) is 8.26. The molecule has 5 rings (SSSR count). The highest BCUT2D eigenvalue weighted by atomic mass is 32.1. The lowest BCUT2D eigenvalue weighted by Crippen LogP contribution is -2.53. The molecule has 0 aliphatic carbocycles. The summed E-state index contributed by atoms with van der Waals surface area (Å²) in [7, 11) is 2.07. The summed E-state index contributed by atoms with van der Waals surface area (Å²) in [6.07, 6.45) is 1.04. The number of amides is 3. The van der Waals surface area contributed by atoms with Gasteiger partial charge in [-0.25, -0.2) is 0 Å². The number of hydrogen-bond donors (Lipinski definition) is 1. The number of piperazine rings is 1. The Hall–Kier alpha value is -3.08. The molecule has 2 aromatic rings. The fourth-order valence-corrected chi connectivity index (χ4v) is 6.77. The molecule has 4 heterocycles. The molecule has 0 radical (unpaired) electrons. The Balaban J connectivity index is 1.24. The van der Waals surface area contributed by atoms with Gasteiger partial charge in [0.2, 0.25) is 11.8 Å². The van der Waals surface area contributed by atoms with E-state index >= 15 is 0 Å². The lowest BCUT2D eigenvalue weighted by Gasteiger charge is -2.33. The molecular formula is C30H39N5O4S. The van der Waals surface area contributed by atoms with Crippen LogP contribution in [0.3, 0.4) is 0 Å². The van der Waals surface area contributed by atoms with Crippen LogP contribution in [0, 0.1) is 5.92 Å². The van der Waals surface area contributed by atoms with Crippen molar-refractivity contribution in [1.82, 2.24) is 24.9 Å². The minimum Gasteiger partial charge on any atom is -0.340 e. The highest BCUT2D eigenvalue weighted by Crippen LogP contribution is 2.31. The van der Waals surface area contributed by atoms with E-state index in [9.17, 15) is 19.2 Å². The van der Waals surface area contributed by atoms with Crippen LogP contribution < -0.4 is 5.32 Å². The van der Waals surface area contributed by atoms with E-state index in [-0.39, 0.29) is 42.0 Å². The van der Waals surface area contributed by atoms with Crippen molar-refractivity contribution in [3.63, 3.8) is 0 Å². The van der Waals surface area contributed by atoms with E-state index in [0.717, 1.165) is 36.6 Å². The third-order valence-electron chi connectivity index (χ3n) is 8.24. The number of hydrogen-bond acceptors (Lipinski definition) is 7. The van der Waals surface area contributed by atoms with Gasteiger partial charge in [0.15, 0.2) is 5.78 Å². The van der Waals surface area contributed by atoms with E-state index in [1.165, 1.54) is 0 Å². The maximum Gasteiger partial charge on any atom is 0.251 e.